The van der Waals surface area contributed by atoms with Crippen molar-refractivity contribution in [3.05, 3.63) is 64.8 Å². The number of hydrazine groups is 1. The van der Waals surface area contributed by atoms with Gasteiger partial charge in [0.05, 0.1) is 42.1 Å². The molecule has 3 aromatic rings. The zero-order valence-electron chi connectivity index (χ0n) is 23.4. The third-order valence-corrected chi connectivity index (χ3v) is 8.15. The number of benzene rings is 2. The fourth-order valence-corrected chi connectivity index (χ4v) is 5.88. The summed E-state index contributed by atoms with van der Waals surface area (Å²) in [6, 6.07) is 13.1. The van der Waals surface area contributed by atoms with Crippen LogP contribution in [0, 0.1) is 0 Å². The number of ether oxygens (including phenoxy) is 1. The predicted octanol–water partition coefficient (Wildman–Crippen LogP) is 3.00. The number of hydrogen-bond acceptors (Lipinski definition) is 7. The minimum absolute atomic E-state index is 0.0916. The highest BCUT2D eigenvalue weighted by Crippen LogP contribution is 2.43. The van der Waals surface area contributed by atoms with Crippen molar-refractivity contribution in [2.24, 2.45) is 0 Å². The molecule has 214 valence electrons. The molecular formula is C30H35N7O4. The standard InChI is InChI=1S/C30H35N7O4/c1-35(2)21-8-6-19(7-9-21)18-24(38)36-12-10-20(11-13-36)27-26-28(33-32-27)22-4-3-5-23(25(22)29(26)39)31-30(40)34-37-14-16-41-17-15-37/h3-9,20H,10-18H2,1-2H3,(H,32,33)(H2,31,34,40). The number of ketones is 1. The lowest BCUT2D eigenvalue weighted by molar-refractivity contribution is -0.131. The molecule has 11 nitrogen and oxygen atoms in total. The van der Waals surface area contributed by atoms with E-state index in [9.17, 15) is 14.4 Å². The van der Waals surface area contributed by atoms with Gasteiger partial charge >= 0.3 is 6.03 Å². The first-order chi connectivity index (χ1) is 19.9. The predicted molar refractivity (Wildman–Crippen MR) is 155 cm³/mol. The van der Waals surface area contributed by atoms with Crippen LogP contribution in [0.1, 0.15) is 45.9 Å². The van der Waals surface area contributed by atoms with Crippen LogP contribution in [0.3, 0.4) is 0 Å². The van der Waals surface area contributed by atoms with Gasteiger partial charge in [0.25, 0.3) is 0 Å². The smallest absolute Gasteiger partial charge is 0.333 e. The van der Waals surface area contributed by atoms with Crippen molar-refractivity contribution < 1.29 is 19.1 Å². The van der Waals surface area contributed by atoms with E-state index in [0.717, 1.165) is 29.8 Å². The van der Waals surface area contributed by atoms with Gasteiger partial charge in [-0.2, -0.15) is 5.10 Å². The molecule has 0 unspecified atom stereocenters. The molecule has 0 radical (unpaired) electrons. The summed E-state index contributed by atoms with van der Waals surface area (Å²) in [6.07, 6.45) is 1.87. The highest BCUT2D eigenvalue weighted by Gasteiger charge is 2.38. The van der Waals surface area contributed by atoms with Crippen LogP contribution < -0.4 is 15.6 Å². The van der Waals surface area contributed by atoms with Crippen molar-refractivity contribution in [1.29, 1.82) is 0 Å². The van der Waals surface area contributed by atoms with Gasteiger partial charge in [-0.05, 0) is 36.6 Å². The maximum atomic E-state index is 13.7. The van der Waals surface area contributed by atoms with Crippen LogP contribution in [-0.4, -0.2) is 91.3 Å². The number of nitrogens with zero attached hydrogens (tertiary/aromatic N) is 4. The van der Waals surface area contributed by atoms with E-state index >= 15 is 0 Å². The first-order valence-electron chi connectivity index (χ1n) is 14.1. The number of H-pyrrole nitrogens is 1. The van der Waals surface area contributed by atoms with Crippen molar-refractivity contribution in [3.8, 4) is 11.3 Å². The number of aromatic nitrogens is 2. The molecule has 0 saturated carbocycles. The van der Waals surface area contributed by atoms with Gasteiger partial charge in [-0.15, -0.1) is 0 Å². The highest BCUT2D eigenvalue weighted by molar-refractivity contribution is 6.25. The number of fused-ring (bicyclic) bond motifs is 3. The Morgan fingerprint density at radius 3 is 2.46 bits per heavy atom. The lowest BCUT2D eigenvalue weighted by Crippen LogP contribution is -2.49. The highest BCUT2D eigenvalue weighted by atomic mass is 16.5. The molecule has 2 saturated heterocycles. The molecule has 1 aromatic heterocycles. The summed E-state index contributed by atoms with van der Waals surface area (Å²) >= 11 is 0. The molecule has 3 aliphatic rings. The lowest BCUT2D eigenvalue weighted by atomic mass is 9.90. The number of hydrogen-bond donors (Lipinski definition) is 3. The number of nitrogens with one attached hydrogen (secondary N) is 3. The molecule has 41 heavy (non-hydrogen) atoms. The summed E-state index contributed by atoms with van der Waals surface area (Å²) in [5.74, 6) is 0.0695. The van der Waals surface area contributed by atoms with Gasteiger partial charge < -0.3 is 19.9 Å². The molecule has 2 fully saturated rings. The Balaban J connectivity index is 1.10. The van der Waals surface area contributed by atoms with Crippen LogP contribution >= 0.6 is 0 Å². The molecule has 0 spiro atoms. The van der Waals surface area contributed by atoms with Gasteiger partial charge in [-0.1, -0.05) is 24.3 Å². The third kappa shape index (κ3) is 5.42. The molecule has 1 aliphatic carbocycles. The number of aromatic amines is 1. The minimum Gasteiger partial charge on any atom is -0.379 e. The number of morpholine rings is 1. The summed E-state index contributed by atoms with van der Waals surface area (Å²) in [6.45, 7) is 3.58. The number of rotatable bonds is 6. The minimum atomic E-state index is -0.398. The normalized spacial score (nSPS) is 17.2. The van der Waals surface area contributed by atoms with E-state index in [-0.39, 0.29) is 17.6 Å². The Hall–Kier alpha value is -4.22. The molecule has 0 bridgehead atoms. The number of likely N-dealkylation sites (tertiary alicyclic amines) is 1. The zero-order valence-corrected chi connectivity index (χ0v) is 23.4. The number of piperidine rings is 1. The largest absolute Gasteiger partial charge is 0.379 e. The number of carbonyl (C=O) groups is 3. The van der Waals surface area contributed by atoms with Crippen LogP contribution in [0.5, 0.6) is 0 Å². The Labute approximate surface area is 238 Å². The number of anilines is 2. The van der Waals surface area contributed by atoms with Crippen molar-refractivity contribution in [1.82, 2.24) is 25.5 Å². The number of carbonyl (C=O) groups excluding carboxylic acids is 3. The van der Waals surface area contributed by atoms with Crippen molar-refractivity contribution >= 4 is 29.1 Å². The number of amides is 3. The zero-order chi connectivity index (χ0) is 28.5. The lowest BCUT2D eigenvalue weighted by Gasteiger charge is -2.32. The van der Waals surface area contributed by atoms with Crippen LogP contribution in [0.4, 0.5) is 16.2 Å². The van der Waals surface area contributed by atoms with Gasteiger partial charge in [0.1, 0.15) is 5.69 Å². The quantitative estimate of drug-likeness (QED) is 0.333. The van der Waals surface area contributed by atoms with E-state index in [4.69, 9.17) is 4.74 Å². The Kier molecular flexibility index (Phi) is 7.46. The van der Waals surface area contributed by atoms with Gasteiger partial charge in [0, 0.05) is 57.4 Å². The molecule has 6 rings (SSSR count). The summed E-state index contributed by atoms with van der Waals surface area (Å²) in [4.78, 5) is 43.4. The summed E-state index contributed by atoms with van der Waals surface area (Å²) in [7, 11) is 3.99. The Morgan fingerprint density at radius 2 is 1.76 bits per heavy atom. The summed E-state index contributed by atoms with van der Waals surface area (Å²) < 4.78 is 5.33. The fraction of sp³-hybridized carbons (Fsp3) is 0.400. The van der Waals surface area contributed by atoms with Gasteiger partial charge in [-0.3, -0.25) is 20.1 Å². The first kappa shape index (κ1) is 27.0. The first-order valence-corrected chi connectivity index (χ1v) is 14.1. The maximum absolute atomic E-state index is 13.7. The second-order valence-corrected chi connectivity index (χ2v) is 11.0. The van der Waals surface area contributed by atoms with Gasteiger partial charge in [0.2, 0.25) is 5.91 Å². The molecular weight excluding hydrogens is 522 g/mol. The van der Waals surface area contributed by atoms with E-state index in [0.29, 0.717) is 73.9 Å². The maximum Gasteiger partial charge on any atom is 0.333 e. The van der Waals surface area contributed by atoms with Crippen LogP contribution in [0.25, 0.3) is 11.3 Å². The van der Waals surface area contributed by atoms with Crippen LogP contribution in [0.15, 0.2) is 42.5 Å². The average molecular weight is 558 g/mol. The van der Waals surface area contributed by atoms with Gasteiger partial charge in [-0.25, -0.2) is 9.80 Å². The molecule has 3 heterocycles. The average Bonchev–Trinajstić information content (AvgIpc) is 3.54. The molecule has 3 N–H and O–H groups in total. The summed E-state index contributed by atoms with van der Waals surface area (Å²) in [5.41, 5.74) is 8.58. The topological polar surface area (TPSA) is 123 Å². The Morgan fingerprint density at radius 1 is 1.02 bits per heavy atom. The van der Waals surface area contributed by atoms with E-state index in [1.165, 1.54) is 0 Å². The second kappa shape index (κ2) is 11.3. The van der Waals surface area contributed by atoms with E-state index < -0.39 is 6.03 Å². The monoisotopic (exact) mass is 557 g/mol. The van der Waals surface area contributed by atoms with E-state index in [2.05, 4.69) is 20.9 Å². The second-order valence-electron chi connectivity index (χ2n) is 11.0. The third-order valence-electron chi connectivity index (χ3n) is 8.15. The molecule has 11 heteroatoms. The SMILES string of the molecule is CN(C)c1ccc(CC(=O)N2CCC(c3[nH]nc4c3C(=O)c3c(NC(=O)NN5CCOCC5)cccc3-4)CC2)cc1. The Bertz CT molecular complexity index is 1450. The van der Waals surface area contributed by atoms with E-state index in [1.54, 1.807) is 11.1 Å². The number of urea groups is 1. The molecule has 3 amide bonds. The van der Waals surface area contributed by atoms with Crippen LogP contribution in [-0.2, 0) is 16.0 Å². The van der Waals surface area contributed by atoms with Crippen molar-refractivity contribution in [2.45, 2.75) is 25.2 Å². The van der Waals surface area contributed by atoms with E-state index in [1.807, 2.05) is 60.3 Å². The van der Waals surface area contributed by atoms with Crippen LogP contribution in [0.2, 0.25) is 0 Å². The molecule has 2 aliphatic heterocycles. The fourth-order valence-electron chi connectivity index (χ4n) is 5.88. The molecule has 2 aromatic carbocycles. The van der Waals surface area contributed by atoms with Gasteiger partial charge in [0.15, 0.2) is 5.78 Å². The molecule has 0 atom stereocenters. The van der Waals surface area contributed by atoms with Crippen molar-refractivity contribution in [3.63, 3.8) is 0 Å². The van der Waals surface area contributed by atoms with Crippen molar-refractivity contribution in [2.75, 3.05) is 63.7 Å². The summed E-state index contributed by atoms with van der Waals surface area (Å²) in [5, 5.41) is 12.3.